The molecular weight excluding hydrogens is 404 g/mol. The summed E-state index contributed by atoms with van der Waals surface area (Å²) in [4.78, 5) is 37.5. The molecule has 30 heavy (non-hydrogen) atoms. The normalized spacial score (nSPS) is 17.4. The van der Waals surface area contributed by atoms with Gasteiger partial charge < -0.3 is 5.32 Å². The molecule has 9 heteroatoms. The predicted octanol–water partition coefficient (Wildman–Crippen LogP) is 3.08. The van der Waals surface area contributed by atoms with Crippen LogP contribution in [-0.4, -0.2) is 29.0 Å². The standard InChI is InChI=1S/C21H18N4O4S/c1-13-6-3-4-9-17(13)24-20(27)18(30-21(24)16(12-22)19(26)23-2)11-14-7-5-8-15(10-14)25(28)29/h3-10,18H,11H2,1-2H3,(H,23,26)/b21-16+/t18-/m0/s1. The summed E-state index contributed by atoms with van der Waals surface area (Å²) in [6, 6.07) is 15.2. The quantitative estimate of drug-likeness (QED) is 0.343. The summed E-state index contributed by atoms with van der Waals surface area (Å²) in [5.41, 5.74) is 1.81. The number of amides is 2. The van der Waals surface area contributed by atoms with E-state index in [1.165, 1.54) is 24.1 Å². The van der Waals surface area contributed by atoms with Crippen molar-refractivity contribution in [3.8, 4) is 6.07 Å². The van der Waals surface area contributed by atoms with Crippen molar-refractivity contribution < 1.29 is 14.5 Å². The number of carbonyl (C=O) groups excluding carboxylic acids is 2. The van der Waals surface area contributed by atoms with Crippen LogP contribution < -0.4 is 10.2 Å². The molecule has 0 spiro atoms. The maximum atomic E-state index is 13.3. The van der Waals surface area contributed by atoms with Gasteiger partial charge in [-0.25, -0.2) is 0 Å². The maximum absolute atomic E-state index is 13.3. The lowest BCUT2D eigenvalue weighted by molar-refractivity contribution is -0.384. The molecule has 1 aliphatic heterocycles. The topological polar surface area (TPSA) is 116 Å². The van der Waals surface area contributed by atoms with Crippen LogP contribution in [0.15, 0.2) is 59.1 Å². The lowest BCUT2D eigenvalue weighted by Gasteiger charge is -2.20. The second-order valence-corrected chi connectivity index (χ2v) is 7.76. The Morgan fingerprint density at radius 3 is 2.67 bits per heavy atom. The number of para-hydroxylation sites is 1. The van der Waals surface area contributed by atoms with E-state index in [0.29, 0.717) is 11.3 Å². The first-order valence-electron chi connectivity index (χ1n) is 9.03. The number of nitrogens with one attached hydrogen (secondary N) is 1. The highest BCUT2D eigenvalue weighted by atomic mass is 32.2. The van der Waals surface area contributed by atoms with E-state index in [9.17, 15) is 25.0 Å². The third-order valence-corrected chi connectivity index (χ3v) is 5.89. The molecule has 8 nitrogen and oxygen atoms in total. The molecule has 3 rings (SSSR count). The van der Waals surface area contributed by atoms with Crippen LogP contribution in [0, 0.1) is 28.4 Å². The largest absolute Gasteiger partial charge is 0.354 e. The number of carbonyl (C=O) groups is 2. The number of thioether (sulfide) groups is 1. The maximum Gasteiger partial charge on any atom is 0.269 e. The Morgan fingerprint density at radius 1 is 1.30 bits per heavy atom. The molecular formula is C21H18N4O4S. The molecule has 0 saturated carbocycles. The van der Waals surface area contributed by atoms with Gasteiger partial charge in [0.25, 0.3) is 11.6 Å². The average Bonchev–Trinajstić information content (AvgIpc) is 3.04. The second-order valence-electron chi connectivity index (χ2n) is 6.57. The summed E-state index contributed by atoms with van der Waals surface area (Å²) >= 11 is 1.12. The van der Waals surface area contributed by atoms with E-state index in [1.54, 1.807) is 24.3 Å². The summed E-state index contributed by atoms with van der Waals surface area (Å²) in [6.07, 6.45) is 0.226. The number of nitro groups is 1. The number of rotatable bonds is 5. The Morgan fingerprint density at radius 2 is 2.03 bits per heavy atom. The predicted molar refractivity (Wildman–Crippen MR) is 114 cm³/mol. The van der Waals surface area contributed by atoms with Crippen molar-refractivity contribution in [3.05, 3.63) is 80.4 Å². The number of nitrogens with zero attached hydrogens (tertiary/aromatic N) is 3. The van der Waals surface area contributed by atoms with Crippen LogP contribution in [0.25, 0.3) is 0 Å². The third kappa shape index (κ3) is 4.04. The van der Waals surface area contributed by atoms with Gasteiger partial charge in [0, 0.05) is 19.2 Å². The van der Waals surface area contributed by atoms with Crippen LogP contribution in [0.5, 0.6) is 0 Å². The highest BCUT2D eigenvalue weighted by molar-refractivity contribution is 8.05. The molecule has 0 radical (unpaired) electrons. The molecule has 152 valence electrons. The monoisotopic (exact) mass is 422 g/mol. The van der Waals surface area contributed by atoms with Crippen molar-refractivity contribution in [2.45, 2.75) is 18.6 Å². The van der Waals surface area contributed by atoms with Crippen molar-refractivity contribution in [1.82, 2.24) is 5.32 Å². The Hall–Kier alpha value is -3.64. The van der Waals surface area contributed by atoms with E-state index in [-0.39, 0.29) is 28.6 Å². The summed E-state index contributed by atoms with van der Waals surface area (Å²) in [6.45, 7) is 1.84. The molecule has 0 bridgehead atoms. The van der Waals surface area contributed by atoms with Gasteiger partial charge in [-0.05, 0) is 30.5 Å². The van der Waals surface area contributed by atoms with Crippen molar-refractivity contribution in [1.29, 1.82) is 5.26 Å². The molecule has 2 aromatic carbocycles. The highest BCUT2D eigenvalue weighted by Gasteiger charge is 2.41. The van der Waals surface area contributed by atoms with Gasteiger partial charge in [0.05, 0.1) is 15.9 Å². The van der Waals surface area contributed by atoms with Gasteiger partial charge in [0.15, 0.2) is 0 Å². The number of anilines is 1. The Bertz CT molecular complexity index is 1110. The van der Waals surface area contributed by atoms with E-state index >= 15 is 0 Å². The average molecular weight is 422 g/mol. The number of nitriles is 1. The third-order valence-electron chi connectivity index (χ3n) is 4.63. The fourth-order valence-corrected chi connectivity index (χ4v) is 4.46. The lowest BCUT2D eigenvalue weighted by atomic mass is 10.1. The number of benzene rings is 2. The van der Waals surface area contributed by atoms with E-state index in [0.717, 1.165) is 17.3 Å². The van der Waals surface area contributed by atoms with Gasteiger partial charge in [-0.1, -0.05) is 42.1 Å². The molecule has 0 aromatic heterocycles. The number of non-ortho nitro benzene ring substituents is 1. The number of hydrogen-bond donors (Lipinski definition) is 1. The minimum absolute atomic E-state index is 0.0578. The van der Waals surface area contributed by atoms with Crippen molar-refractivity contribution in [2.75, 3.05) is 11.9 Å². The zero-order valence-electron chi connectivity index (χ0n) is 16.3. The minimum Gasteiger partial charge on any atom is -0.354 e. The van der Waals surface area contributed by atoms with Crippen LogP contribution in [0.1, 0.15) is 11.1 Å². The zero-order chi connectivity index (χ0) is 21.8. The van der Waals surface area contributed by atoms with Gasteiger partial charge in [0.1, 0.15) is 16.7 Å². The van der Waals surface area contributed by atoms with Crippen LogP contribution in [0.2, 0.25) is 0 Å². The van der Waals surface area contributed by atoms with Gasteiger partial charge in [-0.15, -0.1) is 0 Å². The van der Waals surface area contributed by atoms with Crippen LogP contribution in [-0.2, 0) is 16.0 Å². The van der Waals surface area contributed by atoms with Crippen molar-refractivity contribution in [2.24, 2.45) is 0 Å². The smallest absolute Gasteiger partial charge is 0.269 e. The summed E-state index contributed by atoms with van der Waals surface area (Å²) in [5, 5.41) is 22.7. The number of nitro benzene ring substituents is 1. The van der Waals surface area contributed by atoms with Gasteiger partial charge in [0.2, 0.25) is 5.91 Å². The van der Waals surface area contributed by atoms with Crippen LogP contribution in [0.3, 0.4) is 0 Å². The molecule has 2 amide bonds. The Kier molecular flexibility index (Phi) is 6.18. The molecule has 1 heterocycles. The molecule has 1 fully saturated rings. The molecule has 1 N–H and O–H groups in total. The van der Waals surface area contributed by atoms with Gasteiger partial charge in [-0.2, -0.15) is 5.26 Å². The lowest BCUT2D eigenvalue weighted by Crippen LogP contribution is -2.31. The fraction of sp³-hybridized carbons (Fsp3) is 0.190. The molecule has 2 aromatic rings. The van der Waals surface area contributed by atoms with E-state index in [2.05, 4.69) is 5.32 Å². The first-order valence-corrected chi connectivity index (χ1v) is 9.91. The van der Waals surface area contributed by atoms with E-state index in [1.807, 2.05) is 25.1 Å². The fourth-order valence-electron chi connectivity index (χ4n) is 3.16. The summed E-state index contributed by atoms with van der Waals surface area (Å²) in [7, 11) is 1.42. The molecule has 0 unspecified atom stereocenters. The minimum atomic E-state index is -0.630. The van der Waals surface area contributed by atoms with Crippen molar-refractivity contribution in [3.63, 3.8) is 0 Å². The van der Waals surface area contributed by atoms with Gasteiger partial charge in [-0.3, -0.25) is 24.6 Å². The molecule has 1 atom stereocenters. The SMILES string of the molecule is CNC(=O)/C(C#N)=C1/S[C@@H](Cc2cccc([N+](=O)[O-])c2)C(=O)N1c1ccccc1C. The number of likely N-dealkylation sites (N-methyl/N-ethyl adjacent to an activating group) is 1. The van der Waals surface area contributed by atoms with Gasteiger partial charge >= 0.3 is 0 Å². The molecule has 1 aliphatic rings. The summed E-state index contributed by atoms with van der Waals surface area (Å²) < 4.78 is 0. The zero-order valence-corrected chi connectivity index (χ0v) is 17.1. The van der Waals surface area contributed by atoms with Crippen LogP contribution in [0.4, 0.5) is 11.4 Å². The first-order chi connectivity index (χ1) is 14.4. The van der Waals surface area contributed by atoms with E-state index < -0.39 is 16.1 Å². The van der Waals surface area contributed by atoms with Crippen molar-refractivity contribution >= 4 is 35.0 Å². The summed E-state index contributed by atoms with van der Waals surface area (Å²) in [5.74, 6) is -0.866. The Balaban J connectivity index is 2.06. The molecule has 1 saturated heterocycles. The first kappa shape index (κ1) is 21.1. The number of aryl methyl sites for hydroxylation is 1. The van der Waals surface area contributed by atoms with Crippen LogP contribution >= 0.6 is 11.8 Å². The van der Waals surface area contributed by atoms with E-state index in [4.69, 9.17) is 0 Å². The highest BCUT2D eigenvalue weighted by Crippen LogP contribution is 2.42. The number of hydrogen-bond acceptors (Lipinski definition) is 6. The Labute approximate surface area is 177 Å². The molecule has 0 aliphatic carbocycles. The second kappa shape index (κ2) is 8.80.